The normalized spacial score (nSPS) is 13.9. The monoisotopic (exact) mass is 322 g/mol. The number of aromatic nitrogens is 2. The highest BCUT2D eigenvalue weighted by atomic mass is 19.1. The summed E-state index contributed by atoms with van der Waals surface area (Å²) in [5.74, 6) is -0.257. The molecule has 1 N–H and O–H groups in total. The molecule has 0 unspecified atom stereocenters. The summed E-state index contributed by atoms with van der Waals surface area (Å²) in [7, 11) is 0. The number of pyridine rings is 2. The second kappa shape index (κ2) is 5.60. The van der Waals surface area contributed by atoms with Crippen LogP contribution in [0, 0.1) is 5.82 Å². The van der Waals surface area contributed by atoms with Crippen LogP contribution in [-0.2, 0) is 0 Å². The van der Waals surface area contributed by atoms with E-state index in [1.165, 1.54) is 41.4 Å². The largest absolute Gasteiger partial charge is 0.503 e. The first kappa shape index (κ1) is 14.6. The van der Waals surface area contributed by atoms with Gasteiger partial charge in [0.15, 0.2) is 17.4 Å². The van der Waals surface area contributed by atoms with Crippen molar-refractivity contribution in [1.82, 2.24) is 9.55 Å². The lowest BCUT2D eigenvalue weighted by molar-refractivity contribution is 0.464. The SMILES string of the molecule is O=c1ccn(-c2nccc(-c3ccc(C4CC4)cc3)c2F)cc1O. The van der Waals surface area contributed by atoms with Crippen molar-refractivity contribution < 1.29 is 9.50 Å². The van der Waals surface area contributed by atoms with Crippen molar-refractivity contribution in [3.8, 4) is 22.7 Å². The molecule has 120 valence electrons. The number of hydrogen-bond donors (Lipinski definition) is 1. The van der Waals surface area contributed by atoms with Crippen LogP contribution in [0.3, 0.4) is 0 Å². The van der Waals surface area contributed by atoms with Crippen molar-refractivity contribution >= 4 is 0 Å². The first-order valence-electron chi connectivity index (χ1n) is 7.80. The number of hydrogen-bond acceptors (Lipinski definition) is 3. The lowest BCUT2D eigenvalue weighted by Gasteiger charge is -2.11. The highest BCUT2D eigenvalue weighted by molar-refractivity contribution is 5.66. The van der Waals surface area contributed by atoms with Gasteiger partial charge in [-0.05, 0) is 36.0 Å². The molecule has 2 aromatic heterocycles. The molecule has 1 aromatic carbocycles. The van der Waals surface area contributed by atoms with Crippen molar-refractivity contribution in [2.24, 2.45) is 0 Å². The average molecular weight is 322 g/mol. The molecule has 4 nitrogen and oxygen atoms in total. The highest BCUT2D eigenvalue weighted by Crippen LogP contribution is 2.40. The molecule has 2 heterocycles. The molecular formula is C19H15FN2O2. The fourth-order valence-electron chi connectivity index (χ4n) is 2.79. The summed E-state index contributed by atoms with van der Waals surface area (Å²) in [6.07, 6.45) is 6.50. The predicted molar refractivity (Wildman–Crippen MR) is 88.9 cm³/mol. The Kier molecular flexibility index (Phi) is 3.41. The van der Waals surface area contributed by atoms with Crippen LogP contribution >= 0.6 is 0 Å². The molecule has 3 aromatic rings. The summed E-state index contributed by atoms with van der Waals surface area (Å²) >= 11 is 0. The van der Waals surface area contributed by atoms with E-state index in [1.807, 2.05) is 24.3 Å². The van der Waals surface area contributed by atoms with Gasteiger partial charge in [0, 0.05) is 24.0 Å². The zero-order valence-corrected chi connectivity index (χ0v) is 12.8. The summed E-state index contributed by atoms with van der Waals surface area (Å²) in [6, 6.07) is 10.7. The van der Waals surface area contributed by atoms with Gasteiger partial charge in [0.2, 0.25) is 5.43 Å². The summed E-state index contributed by atoms with van der Waals surface area (Å²) < 4.78 is 16.2. The van der Waals surface area contributed by atoms with Gasteiger partial charge in [-0.1, -0.05) is 24.3 Å². The molecule has 1 aliphatic carbocycles. The summed E-state index contributed by atoms with van der Waals surface area (Å²) in [5, 5.41) is 9.54. The Morgan fingerprint density at radius 1 is 1.12 bits per heavy atom. The molecule has 0 radical (unpaired) electrons. The molecule has 1 saturated carbocycles. The third-order valence-electron chi connectivity index (χ3n) is 4.29. The molecule has 0 spiro atoms. The van der Waals surface area contributed by atoms with E-state index in [0.29, 0.717) is 11.5 Å². The van der Waals surface area contributed by atoms with E-state index < -0.39 is 17.0 Å². The van der Waals surface area contributed by atoms with Crippen LogP contribution in [0.5, 0.6) is 5.75 Å². The molecule has 4 rings (SSSR count). The third-order valence-corrected chi connectivity index (χ3v) is 4.29. The quantitative estimate of drug-likeness (QED) is 0.801. The Bertz CT molecular complexity index is 960. The standard InChI is InChI=1S/C19H15FN2O2/c20-18-15(14-5-3-13(4-6-14)12-1-2-12)7-9-21-19(18)22-10-8-16(23)17(24)11-22/h3-12,24H,1-2H2. The molecule has 1 fully saturated rings. The van der Waals surface area contributed by atoms with Crippen LogP contribution in [0.2, 0.25) is 0 Å². The third kappa shape index (κ3) is 2.58. The number of nitrogens with zero attached hydrogens (tertiary/aromatic N) is 2. The van der Waals surface area contributed by atoms with Crippen LogP contribution in [-0.4, -0.2) is 14.7 Å². The maximum Gasteiger partial charge on any atom is 0.223 e. The van der Waals surface area contributed by atoms with Gasteiger partial charge < -0.3 is 9.67 Å². The van der Waals surface area contributed by atoms with Crippen molar-refractivity contribution in [1.29, 1.82) is 0 Å². The zero-order chi connectivity index (χ0) is 16.7. The first-order valence-corrected chi connectivity index (χ1v) is 7.80. The second-order valence-corrected chi connectivity index (χ2v) is 5.99. The van der Waals surface area contributed by atoms with Crippen LogP contribution in [0.4, 0.5) is 4.39 Å². The summed E-state index contributed by atoms with van der Waals surface area (Å²) in [5.41, 5.74) is 1.98. The van der Waals surface area contributed by atoms with Crippen molar-refractivity contribution in [2.45, 2.75) is 18.8 Å². The number of benzene rings is 1. The minimum atomic E-state index is -0.515. The fraction of sp³-hybridized carbons (Fsp3) is 0.158. The molecule has 0 atom stereocenters. The fourth-order valence-corrected chi connectivity index (χ4v) is 2.79. The minimum Gasteiger partial charge on any atom is -0.503 e. The smallest absolute Gasteiger partial charge is 0.223 e. The van der Waals surface area contributed by atoms with E-state index in [9.17, 15) is 14.3 Å². The van der Waals surface area contributed by atoms with Gasteiger partial charge in [-0.25, -0.2) is 9.37 Å². The zero-order valence-electron chi connectivity index (χ0n) is 12.8. The van der Waals surface area contributed by atoms with Gasteiger partial charge in [0.05, 0.1) is 6.20 Å². The summed E-state index contributed by atoms with van der Waals surface area (Å²) in [6.45, 7) is 0. The van der Waals surface area contributed by atoms with Crippen LogP contribution in [0.25, 0.3) is 16.9 Å². The molecule has 24 heavy (non-hydrogen) atoms. The van der Waals surface area contributed by atoms with E-state index >= 15 is 0 Å². The van der Waals surface area contributed by atoms with Gasteiger partial charge >= 0.3 is 0 Å². The van der Waals surface area contributed by atoms with E-state index in [1.54, 1.807) is 6.07 Å². The molecule has 0 amide bonds. The van der Waals surface area contributed by atoms with Gasteiger partial charge in [-0.3, -0.25) is 4.79 Å². The van der Waals surface area contributed by atoms with Gasteiger partial charge in [-0.2, -0.15) is 0 Å². The number of halogens is 1. The van der Waals surface area contributed by atoms with Gasteiger partial charge in [0.25, 0.3) is 0 Å². The lowest BCUT2D eigenvalue weighted by Crippen LogP contribution is -2.07. The molecule has 1 aliphatic rings. The Morgan fingerprint density at radius 3 is 2.54 bits per heavy atom. The topological polar surface area (TPSA) is 55.1 Å². The van der Waals surface area contributed by atoms with Gasteiger partial charge in [-0.15, -0.1) is 0 Å². The molecule has 0 bridgehead atoms. The first-order chi connectivity index (χ1) is 11.6. The average Bonchev–Trinajstić information content (AvgIpc) is 3.43. The van der Waals surface area contributed by atoms with E-state index in [0.717, 1.165) is 11.8 Å². The van der Waals surface area contributed by atoms with E-state index in [-0.39, 0.29) is 5.82 Å². The van der Waals surface area contributed by atoms with Crippen molar-refractivity contribution in [3.63, 3.8) is 0 Å². The maximum atomic E-state index is 14.9. The van der Waals surface area contributed by atoms with Crippen molar-refractivity contribution in [3.05, 3.63) is 76.6 Å². The predicted octanol–water partition coefficient (Wildman–Crippen LogP) is 3.62. The van der Waals surface area contributed by atoms with Crippen LogP contribution in [0.15, 0.2) is 59.8 Å². The molecule has 5 heteroatoms. The van der Waals surface area contributed by atoms with E-state index in [4.69, 9.17) is 0 Å². The number of aromatic hydroxyl groups is 1. The van der Waals surface area contributed by atoms with Crippen LogP contribution in [0.1, 0.15) is 24.3 Å². The molecule has 0 saturated heterocycles. The Balaban J connectivity index is 1.77. The van der Waals surface area contributed by atoms with Gasteiger partial charge in [0.1, 0.15) is 0 Å². The Morgan fingerprint density at radius 2 is 1.88 bits per heavy atom. The highest BCUT2D eigenvalue weighted by Gasteiger charge is 2.23. The van der Waals surface area contributed by atoms with Crippen molar-refractivity contribution in [2.75, 3.05) is 0 Å². The minimum absolute atomic E-state index is 0.0362. The Hall–Kier alpha value is -2.95. The van der Waals surface area contributed by atoms with E-state index in [2.05, 4.69) is 4.98 Å². The summed E-state index contributed by atoms with van der Waals surface area (Å²) in [4.78, 5) is 15.3. The second-order valence-electron chi connectivity index (χ2n) is 5.99. The van der Waals surface area contributed by atoms with Crippen LogP contribution < -0.4 is 5.43 Å². The maximum absolute atomic E-state index is 14.9. The molecular weight excluding hydrogens is 307 g/mol. The lowest BCUT2D eigenvalue weighted by atomic mass is 10.0. The molecule has 0 aliphatic heterocycles. The number of rotatable bonds is 3. The Labute approximate surface area is 137 Å².